The molecule has 0 heterocycles. The lowest BCUT2D eigenvalue weighted by molar-refractivity contribution is -0.163. The van der Waals surface area contributed by atoms with E-state index in [-0.39, 0.29) is 5.02 Å². The molecule has 0 unspecified atom stereocenters. The minimum atomic E-state index is -4.91. The van der Waals surface area contributed by atoms with E-state index in [1.54, 1.807) is 0 Å². The maximum absolute atomic E-state index is 13.1. The number of nitrogens with one attached hydrogen (secondary N) is 1. The zero-order valence-corrected chi connectivity index (χ0v) is 8.74. The lowest BCUT2D eigenvalue weighted by Gasteiger charge is -2.15. The minimum Gasteiger partial charge on any atom is -0.317 e. The molecule has 0 radical (unpaired) electrons. The van der Waals surface area contributed by atoms with Gasteiger partial charge in [0, 0.05) is 0 Å². The van der Waals surface area contributed by atoms with E-state index < -0.39 is 29.8 Å². The van der Waals surface area contributed by atoms with Gasteiger partial charge in [-0.3, -0.25) is 4.79 Å². The minimum absolute atomic E-state index is 0.372. The molecule has 0 aliphatic carbocycles. The molecule has 1 N–H and O–H groups in total. The molecule has 8 heteroatoms. The molecule has 0 atom stereocenters. The smallest absolute Gasteiger partial charge is 0.317 e. The molecule has 0 bridgehead atoms. The van der Waals surface area contributed by atoms with E-state index in [1.807, 2.05) is 0 Å². The van der Waals surface area contributed by atoms with Crippen LogP contribution in [0.4, 0.5) is 27.6 Å². The molecule has 1 aromatic rings. The van der Waals surface area contributed by atoms with Gasteiger partial charge in [0.1, 0.15) is 5.82 Å². The van der Waals surface area contributed by atoms with Gasteiger partial charge in [0.05, 0.1) is 10.7 Å². The first-order chi connectivity index (χ1) is 7.76. The van der Waals surface area contributed by atoms with E-state index in [2.05, 4.69) is 0 Å². The molecular formula is C9H5ClF5NO. The van der Waals surface area contributed by atoms with Crippen LogP contribution >= 0.6 is 11.6 Å². The highest BCUT2D eigenvalue weighted by atomic mass is 35.5. The average molecular weight is 274 g/mol. The Morgan fingerprint density at radius 2 is 1.94 bits per heavy atom. The molecule has 0 aromatic heterocycles. The molecule has 2 nitrogen and oxygen atoms in total. The third-order valence-corrected chi connectivity index (χ3v) is 2.09. The standard InChI is InChI=1S/C9H5ClF5NO/c10-4-2-1-3-5(11)6(4)16-8(17)9(14,15)7(12)13/h1-3,7H,(H,16,17). The number of alkyl halides is 4. The zero-order chi connectivity index (χ0) is 13.2. The summed E-state index contributed by atoms with van der Waals surface area (Å²) in [6.07, 6.45) is -4.19. The predicted molar refractivity (Wildman–Crippen MR) is 51.0 cm³/mol. The second kappa shape index (κ2) is 4.87. The molecule has 0 fully saturated rings. The van der Waals surface area contributed by atoms with Crippen LogP contribution in [0.15, 0.2) is 18.2 Å². The molecule has 1 aromatic carbocycles. The van der Waals surface area contributed by atoms with Crippen LogP contribution in [0, 0.1) is 5.82 Å². The fourth-order valence-corrected chi connectivity index (χ4v) is 1.12. The summed E-state index contributed by atoms with van der Waals surface area (Å²) in [6, 6.07) is 3.11. The number of rotatable bonds is 3. The molecule has 1 amide bonds. The van der Waals surface area contributed by atoms with Gasteiger partial charge < -0.3 is 5.32 Å². The summed E-state index contributed by atoms with van der Waals surface area (Å²) in [5.74, 6) is -8.33. The van der Waals surface area contributed by atoms with E-state index in [0.717, 1.165) is 12.1 Å². The van der Waals surface area contributed by atoms with Crippen LogP contribution < -0.4 is 5.32 Å². The summed E-state index contributed by atoms with van der Waals surface area (Å²) in [5.41, 5.74) is -0.764. The number of para-hydroxylation sites is 1. The fraction of sp³-hybridized carbons (Fsp3) is 0.222. The van der Waals surface area contributed by atoms with Crippen molar-refractivity contribution in [3.05, 3.63) is 29.0 Å². The van der Waals surface area contributed by atoms with Crippen molar-refractivity contribution in [2.24, 2.45) is 0 Å². The number of benzene rings is 1. The molecule has 1 rings (SSSR count). The van der Waals surface area contributed by atoms with Crippen molar-refractivity contribution in [2.45, 2.75) is 12.3 Å². The van der Waals surface area contributed by atoms with Gasteiger partial charge >= 0.3 is 18.3 Å². The molecule has 94 valence electrons. The van der Waals surface area contributed by atoms with Gasteiger partial charge in [-0.15, -0.1) is 0 Å². The fourth-order valence-electron chi connectivity index (χ4n) is 0.913. The van der Waals surface area contributed by atoms with Crippen molar-refractivity contribution < 1.29 is 26.7 Å². The monoisotopic (exact) mass is 273 g/mol. The van der Waals surface area contributed by atoms with Gasteiger partial charge in [0.15, 0.2) is 0 Å². The van der Waals surface area contributed by atoms with E-state index in [9.17, 15) is 26.7 Å². The lowest BCUT2D eigenvalue weighted by Crippen LogP contribution is -2.41. The first-order valence-electron chi connectivity index (χ1n) is 4.18. The molecule has 0 aliphatic heterocycles. The van der Waals surface area contributed by atoms with Crippen LogP contribution in [0.1, 0.15) is 0 Å². The van der Waals surface area contributed by atoms with Crippen molar-refractivity contribution in [3.63, 3.8) is 0 Å². The largest absolute Gasteiger partial charge is 0.383 e. The van der Waals surface area contributed by atoms with Crippen LogP contribution in [0.5, 0.6) is 0 Å². The van der Waals surface area contributed by atoms with Gasteiger partial charge in [-0.2, -0.15) is 8.78 Å². The Kier molecular flexibility index (Phi) is 3.92. The van der Waals surface area contributed by atoms with Crippen molar-refractivity contribution in [2.75, 3.05) is 5.32 Å². The highest BCUT2D eigenvalue weighted by Crippen LogP contribution is 2.29. The first kappa shape index (κ1) is 13.7. The van der Waals surface area contributed by atoms with E-state index in [4.69, 9.17) is 11.6 Å². The number of anilines is 1. The maximum Gasteiger partial charge on any atom is 0.383 e. The Morgan fingerprint density at radius 3 is 2.41 bits per heavy atom. The average Bonchev–Trinajstić information content (AvgIpc) is 2.23. The summed E-state index contributed by atoms with van der Waals surface area (Å²) in [4.78, 5) is 10.8. The predicted octanol–water partition coefficient (Wildman–Crippen LogP) is 3.32. The van der Waals surface area contributed by atoms with Gasteiger partial charge in [0.2, 0.25) is 0 Å². The summed E-state index contributed by atoms with van der Waals surface area (Å²) in [7, 11) is 0. The van der Waals surface area contributed by atoms with E-state index in [0.29, 0.717) is 0 Å². The Balaban J connectivity index is 2.96. The van der Waals surface area contributed by atoms with Crippen molar-refractivity contribution in [1.82, 2.24) is 0 Å². The maximum atomic E-state index is 13.1. The summed E-state index contributed by atoms with van der Waals surface area (Å²) in [6.45, 7) is 0. The molecule has 0 spiro atoms. The Hall–Kier alpha value is -1.37. The number of halogens is 6. The van der Waals surface area contributed by atoms with Crippen LogP contribution in [0.2, 0.25) is 5.02 Å². The van der Waals surface area contributed by atoms with Crippen LogP contribution in [-0.4, -0.2) is 18.3 Å². The lowest BCUT2D eigenvalue weighted by atomic mass is 10.2. The normalized spacial score (nSPS) is 11.7. The van der Waals surface area contributed by atoms with Crippen molar-refractivity contribution in [1.29, 1.82) is 0 Å². The Bertz CT molecular complexity index is 417. The summed E-state index contributed by atoms with van der Waals surface area (Å²) in [5, 5.41) is 0.952. The third-order valence-electron chi connectivity index (χ3n) is 1.78. The number of hydrogen-bond acceptors (Lipinski definition) is 1. The number of amides is 1. The third kappa shape index (κ3) is 2.85. The highest BCUT2D eigenvalue weighted by molar-refractivity contribution is 6.33. The van der Waals surface area contributed by atoms with Crippen molar-refractivity contribution >= 4 is 23.2 Å². The van der Waals surface area contributed by atoms with Gasteiger partial charge in [-0.1, -0.05) is 17.7 Å². The van der Waals surface area contributed by atoms with E-state index >= 15 is 0 Å². The number of carbonyl (C=O) groups is 1. The van der Waals surface area contributed by atoms with Gasteiger partial charge in [-0.05, 0) is 12.1 Å². The molecule has 0 aliphatic rings. The van der Waals surface area contributed by atoms with Crippen LogP contribution in [0.25, 0.3) is 0 Å². The molecule has 17 heavy (non-hydrogen) atoms. The second-order valence-electron chi connectivity index (χ2n) is 2.97. The first-order valence-corrected chi connectivity index (χ1v) is 4.56. The Labute approximate surface area is 97.4 Å². The molecule has 0 saturated heterocycles. The SMILES string of the molecule is O=C(Nc1c(F)cccc1Cl)C(F)(F)C(F)F. The zero-order valence-electron chi connectivity index (χ0n) is 7.99. The van der Waals surface area contributed by atoms with Crippen LogP contribution in [-0.2, 0) is 4.79 Å². The Morgan fingerprint density at radius 1 is 1.35 bits per heavy atom. The summed E-state index contributed by atoms with van der Waals surface area (Å²) >= 11 is 5.42. The van der Waals surface area contributed by atoms with Gasteiger partial charge in [0.25, 0.3) is 0 Å². The highest BCUT2D eigenvalue weighted by Gasteiger charge is 2.49. The van der Waals surface area contributed by atoms with Crippen LogP contribution in [0.3, 0.4) is 0 Å². The van der Waals surface area contributed by atoms with Crippen molar-refractivity contribution in [3.8, 4) is 0 Å². The van der Waals surface area contributed by atoms with Gasteiger partial charge in [-0.25, -0.2) is 13.2 Å². The van der Waals surface area contributed by atoms with E-state index in [1.165, 1.54) is 11.4 Å². The molecular weight excluding hydrogens is 269 g/mol. The number of carbonyl (C=O) groups excluding carboxylic acids is 1. The quantitative estimate of drug-likeness (QED) is 0.841. The molecule has 0 saturated carbocycles. The second-order valence-corrected chi connectivity index (χ2v) is 3.38. The number of hydrogen-bond donors (Lipinski definition) is 1. The topological polar surface area (TPSA) is 29.1 Å². The summed E-state index contributed by atoms with van der Waals surface area (Å²) < 4.78 is 61.8.